The van der Waals surface area contributed by atoms with E-state index in [0.29, 0.717) is 18.7 Å². The number of para-hydroxylation sites is 1. The fourth-order valence-corrected chi connectivity index (χ4v) is 3.22. The molecule has 1 heterocycles. The van der Waals surface area contributed by atoms with Crippen molar-refractivity contribution in [1.82, 2.24) is 0 Å². The number of benzene rings is 1. The highest BCUT2D eigenvalue weighted by Gasteiger charge is 2.30. The summed E-state index contributed by atoms with van der Waals surface area (Å²) in [5.74, 6) is 0.876. The lowest BCUT2D eigenvalue weighted by atomic mass is 9.97. The molecule has 2 rings (SSSR count). The molecular weight excluding hydrogens is 250 g/mol. The van der Waals surface area contributed by atoms with Gasteiger partial charge in [0.15, 0.2) is 0 Å². The summed E-state index contributed by atoms with van der Waals surface area (Å²) in [6.07, 6.45) is 3.46. The Morgan fingerprint density at radius 2 is 1.90 bits per heavy atom. The van der Waals surface area contributed by atoms with Gasteiger partial charge < -0.3 is 14.7 Å². The summed E-state index contributed by atoms with van der Waals surface area (Å²) >= 11 is 0. The highest BCUT2D eigenvalue weighted by molar-refractivity contribution is 5.31. The van der Waals surface area contributed by atoms with E-state index in [1.54, 1.807) is 0 Å². The molecule has 1 aliphatic heterocycles. The minimum Gasteiger partial charge on any atom is -0.490 e. The van der Waals surface area contributed by atoms with Crippen molar-refractivity contribution in [2.75, 3.05) is 13.2 Å². The minimum absolute atomic E-state index is 0.383. The molecule has 1 aromatic carbocycles. The van der Waals surface area contributed by atoms with Crippen LogP contribution >= 0.6 is 0 Å². The van der Waals surface area contributed by atoms with Gasteiger partial charge in [0, 0.05) is 0 Å². The number of ether oxygens (including phenoxy) is 1. The van der Waals surface area contributed by atoms with Crippen LogP contribution in [0, 0.1) is 6.92 Å². The van der Waals surface area contributed by atoms with E-state index in [0.717, 1.165) is 17.9 Å². The third kappa shape index (κ3) is 3.97. The first-order chi connectivity index (χ1) is 9.58. The topological polar surface area (TPSA) is 33.9 Å². The number of quaternary nitrogens is 1. The molecule has 0 unspecified atom stereocenters. The van der Waals surface area contributed by atoms with Crippen LogP contribution in [-0.2, 0) is 0 Å². The zero-order valence-electron chi connectivity index (χ0n) is 12.9. The van der Waals surface area contributed by atoms with Gasteiger partial charge in [0.2, 0.25) is 0 Å². The number of hydrogen-bond acceptors (Lipinski definition) is 2. The molecule has 3 atom stereocenters. The predicted molar refractivity (Wildman–Crippen MR) is 81.3 cm³/mol. The van der Waals surface area contributed by atoms with Crippen molar-refractivity contribution in [1.29, 1.82) is 0 Å². The second-order valence-electron chi connectivity index (χ2n) is 6.24. The molecule has 0 saturated carbocycles. The van der Waals surface area contributed by atoms with Crippen LogP contribution in [0.25, 0.3) is 0 Å². The molecule has 0 spiro atoms. The largest absolute Gasteiger partial charge is 0.490 e. The highest BCUT2D eigenvalue weighted by atomic mass is 16.5. The molecule has 1 saturated heterocycles. The number of likely N-dealkylation sites (tertiary alicyclic amines) is 1. The molecule has 0 radical (unpaired) electrons. The summed E-state index contributed by atoms with van der Waals surface area (Å²) in [6.45, 7) is 7.78. The molecule has 112 valence electrons. The molecular formula is C17H28NO2+. The van der Waals surface area contributed by atoms with Crippen LogP contribution in [0.15, 0.2) is 24.3 Å². The molecule has 0 amide bonds. The molecule has 1 aromatic rings. The maximum atomic E-state index is 10.2. The summed E-state index contributed by atoms with van der Waals surface area (Å²) in [5.41, 5.74) is 1.12. The maximum absolute atomic E-state index is 10.2. The number of hydrogen-bond donors (Lipinski definition) is 2. The lowest BCUT2D eigenvalue weighted by Gasteiger charge is -2.36. The van der Waals surface area contributed by atoms with Gasteiger partial charge in [-0.1, -0.05) is 18.2 Å². The smallest absolute Gasteiger partial charge is 0.137 e. The fourth-order valence-electron chi connectivity index (χ4n) is 3.22. The predicted octanol–water partition coefficient (Wildman–Crippen LogP) is 1.58. The molecule has 20 heavy (non-hydrogen) atoms. The van der Waals surface area contributed by atoms with Crippen LogP contribution < -0.4 is 9.64 Å². The first-order valence-electron chi connectivity index (χ1n) is 7.80. The van der Waals surface area contributed by atoms with Crippen molar-refractivity contribution >= 4 is 0 Å². The van der Waals surface area contributed by atoms with Gasteiger partial charge >= 0.3 is 0 Å². The SMILES string of the molecule is Cc1ccccc1OC[C@H](O)C[NH+]1[C@H](C)CCC[C@H]1C. The van der Waals surface area contributed by atoms with E-state index >= 15 is 0 Å². The van der Waals surface area contributed by atoms with Crippen LogP contribution in [0.3, 0.4) is 0 Å². The van der Waals surface area contributed by atoms with Crippen molar-refractivity contribution in [3.63, 3.8) is 0 Å². The number of nitrogens with one attached hydrogen (secondary N) is 1. The minimum atomic E-state index is -0.396. The highest BCUT2D eigenvalue weighted by Crippen LogP contribution is 2.16. The van der Waals surface area contributed by atoms with E-state index in [4.69, 9.17) is 4.74 Å². The van der Waals surface area contributed by atoms with E-state index < -0.39 is 6.10 Å². The second kappa shape index (κ2) is 7.09. The van der Waals surface area contributed by atoms with E-state index in [1.807, 2.05) is 31.2 Å². The summed E-state index contributed by atoms with van der Waals surface area (Å²) < 4.78 is 5.75. The number of aliphatic hydroxyl groups excluding tert-OH is 1. The maximum Gasteiger partial charge on any atom is 0.137 e. The molecule has 0 bridgehead atoms. The van der Waals surface area contributed by atoms with Gasteiger partial charge in [-0.05, 0) is 51.7 Å². The number of aryl methyl sites for hydroxylation is 1. The number of rotatable bonds is 5. The second-order valence-corrected chi connectivity index (χ2v) is 6.24. The number of piperidine rings is 1. The Labute approximate surface area is 122 Å². The van der Waals surface area contributed by atoms with Gasteiger partial charge in [-0.15, -0.1) is 0 Å². The molecule has 1 fully saturated rings. The lowest BCUT2D eigenvalue weighted by molar-refractivity contribution is -0.954. The van der Waals surface area contributed by atoms with Gasteiger partial charge in [0.25, 0.3) is 0 Å². The Morgan fingerprint density at radius 3 is 2.55 bits per heavy atom. The Balaban J connectivity index is 1.83. The monoisotopic (exact) mass is 278 g/mol. The molecule has 0 aliphatic carbocycles. The number of aliphatic hydroxyl groups is 1. The third-order valence-electron chi connectivity index (χ3n) is 4.54. The Kier molecular flexibility index (Phi) is 5.44. The summed E-state index contributed by atoms with van der Waals surface area (Å²) in [7, 11) is 0. The molecule has 0 aromatic heterocycles. The third-order valence-corrected chi connectivity index (χ3v) is 4.54. The summed E-state index contributed by atoms with van der Waals surface area (Å²) in [5, 5.41) is 10.2. The van der Waals surface area contributed by atoms with Crippen LogP contribution in [0.5, 0.6) is 5.75 Å². The van der Waals surface area contributed by atoms with Gasteiger partial charge in [-0.2, -0.15) is 0 Å². The summed E-state index contributed by atoms with van der Waals surface area (Å²) in [4.78, 5) is 1.53. The Hall–Kier alpha value is -1.06. The Bertz CT molecular complexity index is 411. The standard InChI is InChI=1S/C17H27NO2/c1-13-7-4-5-10-17(13)20-12-16(19)11-18-14(2)8-6-9-15(18)3/h4-5,7,10,14-16,19H,6,8-9,11-12H2,1-3H3/p+1/t14-,15-,16-/m1/s1. The van der Waals surface area contributed by atoms with Crippen molar-refractivity contribution in [2.24, 2.45) is 0 Å². The molecule has 1 aliphatic rings. The van der Waals surface area contributed by atoms with Crippen molar-refractivity contribution in [2.45, 2.75) is 58.2 Å². The van der Waals surface area contributed by atoms with E-state index in [1.165, 1.54) is 24.2 Å². The van der Waals surface area contributed by atoms with Crippen LogP contribution in [-0.4, -0.2) is 36.4 Å². The Morgan fingerprint density at radius 1 is 1.25 bits per heavy atom. The van der Waals surface area contributed by atoms with Crippen molar-refractivity contribution in [3.8, 4) is 5.75 Å². The lowest BCUT2D eigenvalue weighted by Crippen LogP contribution is -3.20. The molecule has 3 nitrogen and oxygen atoms in total. The van der Waals surface area contributed by atoms with E-state index in [2.05, 4.69) is 13.8 Å². The van der Waals surface area contributed by atoms with Gasteiger partial charge in [-0.3, -0.25) is 0 Å². The first kappa shape index (κ1) is 15.3. The fraction of sp³-hybridized carbons (Fsp3) is 0.647. The summed E-state index contributed by atoms with van der Waals surface area (Å²) in [6, 6.07) is 9.25. The molecule has 3 heteroatoms. The average Bonchev–Trinajstić information content (AvgIpc) is 2.42. The normalized spacial score (nSPS) is 25.4. The molecule has 2 N–H and O–H groups in total. The van der Waals surface area contributed by atoms with Crippen molar-refractivity contribution < 1.29 is 14.7 Å². The first-order valence-corrected chi connectivity index (χ1v) is 7.80. The van der Waals surface area contributed by atoms with Crippen LogP contribution in [0.4, 0.5) is 0 Å². The quantitative estimate of drug-likeness (QED) is 0.857. The van der Waals surface area contributed by atoms with Crippen LogP contribution in [0.2, 0.25) is 0 Å². The van der Waals surface area contributed by atoms with E-state index in [9.17, 15) is 5.11 Å². The van der Waals surface area contributed by atoms with Crippen molar-refractivity contribution in [3.05, 3.63) is 29.8 Å². The average molecular weight is 278 g/mol. The van der Waals surface area contributed by atoms with Gasteiger partial charge in [0.1, 0.15) is 25.0 Å². The van der Waals surface area contributed by atoms with Gasteiger partial charge in [-0.25, -0.2) is 0 Å². The van der Waals surface area contributed by atoms with Gasteiger partial charge in [0.05, 0.1) is 12.1 Å². The van der Waals surface area contributed by atoms with Crippen LogP contribution in [0.1, 0.15) is 38.7 Å². The zero-order valence-corrected chi connectivity index (χ0v) is 12.9. The van der Waals surface area contributed by atoms with E-state index in [-0.39, 0.29) is 0 Å². The zero-order chi connectivity index (χ0) is 14.5.